The van der Waals surface area contributed by atoms with Crippen molar-refractivity contribution in [1.29, 1.82) is 0 Å². The Morgan fingerprint density at radius 3 is 2.62 bits per heavy atom. The zero-order chi connectivity index (χ0) is 10.1. The quantitative estimate of drug-likeness (QED) is 0.623. The lowest BCUT2D eigenvalue weighted by atomic mass is 10.0. The van der Waals surface area contributed by atoms with Crippen LogP contribution in [0.25, 0.3) is 0 Å². The van der Waals surface area contributed by atoms with E-state index in [-0.39, 0.29) is 6.61 Å². The Labute approximate surface area is 75.0 Å². The van der Waals surface area contributed by atoms with Crippen molar-refractivity contribution < 1.29 is 23.0 Å². The van der Waals surface area contributed by atoms with Crippen LogP contribution in [0.5, 0.6) is 0 Å². The molecule has 0 aromatic heterocycles. The van der Waals surface area contributed by atoms with Crippen molar-refractivity contribution in [3.63, 3.8) is 0 Å². The molecule has 0 bridgehead atoms. The number of hydrogen-bond acceptors (Lipinski definition) is 3. The molecule has 1 aliphatic heterocycles. The number of carbonyl (C=O) groups excluding carboxylic acids is 1. The second kappa shape index (κ2) is 3.21. The van der Waals surface area contributed by atoms with Crippen molar-refractivity contribution in [2.24, 2.45) is 0 Å². The van der Waals surface area contributed by atoms with Gasteiger partial charge in [0.05, 0.1) is 13.0 Å². The van der Waals surface area contributed by atoms with Crippen LogP contribution in [0.2, 0.25) is 0 Å². The monoisotopic (exact) mass is 194 g/mol. The number of ether oxygens (including phenoxy) is 2. The molecule has 1 atom stereocenters. The molecule has 0 aliphatic carbocycles. The molecule has 0 aromatic rings. The summed E-state index contributed by atoms with van der Waals surface area (Å²) in [6.45, 7) is 2.41. The lowest BCUT2D eigenvalue weighted by molar-refractivity contribution is -0.164. The summed E-state index contributed by atoms with van der Waals surface area (Å²) < 4.78 is 34.8. The molecule has 0 aromatic carbocycles. The molecular weight excluding hydrogens is 182 g/mol. The zero-order valence-electron chi connectivity index (χ0n) is 7.60. The van der Waals surface area contributed by atoms with E-state index >= 15 is 0 Å². The lowest BCUT2D eigenvalue weighted by Crippen LogP contribution is -2.37. The Bertz CT molecular complexity index is 217. The predicted octanol–water partition coefficient (Wildman–Crippen LogP) is 1.36. The zero-order valence-corrected chi connectivity index (χ0v) is 7.60. The molecule has 0 saturated carbocycles. The smallest absolute Gasteiger partial charge is 0.338 e. The third-order valence-corrected chi connectivity index (χ3v) is 1.91. The normalized spacial score (nSPS) is 31.7. The Hall–Kier alpha value is -0.710. The van der Waals surface area contributed by atoms with Crippen LogP contribution in [0.1, 0.15) is 20.3 Å². The molecule has 0 radical (unpaired) electrons. The number of alkyl halides is 2. The topological polar surface area (TPSA) is 35.5 Å². The van der Waals surface area contributed by atoms with E-state index in [1.54, 1.807) is 6.92 Å². The van der Waals surface area contributed by atoms with Crippen molar-refractivity contribution >= 4 is 5.97 Å². The van der Waals surface area contributed by atoms with Gasteiger partial charge in [0.25, 0.3) is 5.92 Å². The molecule has 13 heavy (non-hydrogen) atoms. The highest BCUT2D eigenvalue weighted by molar-refractivity contribution is 5.79. The van der Waals surface area contributed by atoms with Gasteiger partial charge < -0.3 is 9.47 Å². The van der Waals surface area contributed by atoms with Crippen LogP contribution >= 0.6 is 0 Å². The maximum absolute atomic E-state index is 12.7. The first-order chi connectivity index (χ1) is 5.90. The molecule has 1 unspecified atom stereocenters. The van der Waals surface area contributed by atoms with Crippen LogP contribution in [-0.2, 0) is 14.3 Å². The maximum Gasteiger partial charge on any atom is 0.338 e. The van der Waals surface area contributed by atoms with Crippen LogP contribution in [0.15, 0.2) is 0 Å². The molecule has 0 spiro atoms. The van der Waals surface area contributed by atoms with Gasteiger partial charge in [-0.3, -0.25) is 0 Å². The maximum atomic E-state index is 12.7. The Morgan fingerprint density at radius 1 is 1.62 bits per heavy atom. The van der Waals surface area contributed by atoms with Gasteiger partial charge in [0.15, 0.2) is 5.60 Å². The summed E-state index contributed by atoms with van der Waals surface area (Å²) >= 11 is 0. The van der Waals surface area contributed by atoms with Gasteiger partial charge in [-0.05, 0) is 13.8 Å². The van der Waals surface area contributed by atoms with Gasteiger partial charge in [0.2, 0.25) is 0 Å². The van der Waals surface area contributed by atoms with E-state index in [0.29, 0.717) is 0 Å². The molecule has 1 heterocycles. The van der Waals surface area contributed by atoms with E-state index in [0.717, 1.165) is 0 Å². The van der Waals surface area contributed by atoms with Gasteiger partial charge in [0, 0.05) is 0 Å². The number of rotatable bonds is 2. The highest BCUT2D eigenvalue weighted by Crippen LogP contribution is 2.37. The Morgan fingerprint density at radius 2 is 2.23 bits per heavy atom. The molecule has 0 N–H and O–H groups in total. The van der Waals surface area contributed by atoms with Crippen molar-refractivity contribution in [1.82, 2.24) is 0 Å². The predicted molar refractivity (Wildman–Crippen MR) is 40.6 cm³/mol. The minimum atomic E-state index is -2.92. The second-order valence-electron chi connectivity index (χ2n) is 3.27. The third-order valence-electron chi connectivity index (χ3n) is 1.91. The average molecular weight is 194 g/mol. The summed E-state index contributed by atoms with van der Waals surface area (Å²) in [5.74, 6) is -3.63. The lowest BCUT2D eigenvalue weighted by Gasteiger charge is -2.19. The van der Waals surface area contributed by atoms with E-state index in [4.69, 9.17) is 4.74 Å². The van der Waals surface area contributed by atoms with Crippen molar-refractivity contribution in [2.45, 2.75) is 31.8 Å². The van der Waals surface area contributed by atoms with E-state index in [1.807, 2.05) is 0 Å². The first-order valence-electron chi connectivity index (χ1n) is 4.09. The van der Waals surface area contributed by atoms with Gasteiger partial charge in [0.1, 0.15) is 6.61 Å². The molecular formula is C8H12F2O3. The standard InChI is InChI=1S/C8H12F2O3/c1-3-12-6(11)7(2)4-8(9,10)5-13-7/h3-5H2,1-2H3. The highest BCUT2D eigenvalue weighted by atomic mass is 19.3. The van der Waals surface area contributed by atoms with Crippen LogP contribution in [0, 0.1) is 0 Å². The fourth-order valence-electron chi connectivity index (χ4n) is 1.28. The van der Waals surface area contributed by atoms with E-state index in [9.17, 15) is 13.6 Å². The molecule has 5 heteroatoms. The molecule has 3 nitrogen and oxygen atoms in total. The number of hydrogen-bond donors (Lipinski definition) is 0. The number of esters is 1. The first-order valence-corrected chi connectivity index (χ1v) is 4.09. The number of carbonyl (C=O) groups is 1. The Balaban J connectivity index is 2.64. The summed E-state index contributed by atoms with van der Waals surface area (Å²) in [4.78, 5) is 11.2. The molecule has 0 amide bonds. The van der Waals surface area contributed by atoms with E-state index in [1.165, 1.54) is 6.92 Å². The van der Waals surface area contributed by atoms with Crippen molar-refractivity contribution in [3.05, 3.63) is 0 Å². The molecule has 1 aliphatic rings. The first kappa shape index (κ1) is 10.4. The second-order valence-corrected chi connectivity index (χ2v) is 3.27. The minimum absolute atomic E-state index is 0.170. The minimum Gasteiger partial charge on any atom is -0.464 e. The van der Waals surface area contributed by atoms with Crippen molar-refractivity contribution in [3.8, 4) is 0 Å². The van der Waals surface area contributed by atoms with Crippen LogP contribution in [0.3, 0.4) is 0 Å². The van der Waals surface area contributed by atoms with Gasteiger partial charge in [-0.25, -0.2) is 13.6 Å². The molecule has 1 rings (SSSR count). The van der Waals surface area contributed by atoms with Gasteiger partial charge in [-0.15, -0.1) is 0 Å². The van der Waals surface area contributed by atoms with Gasteiger partial charge >= 0.3 is 5.97 Å². The Kier molecular flexibility index (Phi) is 2.56. The number of halogens is 2. The molecule has 1 saturated heterocycles. The van der Waals surface area contributed by atoms with E-state index in [2.05, 4.69) is 4.74 Å². The van der Waals surface area contributed by atoms with Crippen LogP contribution in [0.4, 0.5) is 8.78 Å². The summed E-state index contributed by atoms with van der Waals surface area (Å²) in [5, 5.41) is 0. The molecule has 1 fully saturated rings. The fraction of sp³-hybridized carbons (Fsp3) is 0.875. The third kappa shape index (κ3) is 2.15. The van der Waals surface area contributed by atoms with Gasteiger partial charge in [-0.1, -0.05) is 0 Å². The van der Waals surface area contributed by atoms with Crippen molar-refractivity contribution in [2.75, 3.05) is 13.2 Å². The largest absolute Gasteiger partial charge is 0.464 e. The summed E-state index contributed by atoms with van der Waals surface area (Å²) in [6, 6.07) is 0. The van der Waals surface area contributed by atoms with E-state index < -0.39 is 30.5 Å². The van der Waals surface area contributed by atoms with Crippen LogP contribution < -0.4 is 0 Å². The summed E-state index contributed by atoms with van der Waals surface area (Å²) in [7, 11) is 0. The fourth-order valence-corrected chi connectivity index (χ4v) is 1.28. The summed E-state index contributed by atoms with van der Waals surface area (Å²) in [6.07, 6.45) is -0.598. The summed E-state index contributed by atoms with van der Waals surface area (Å²) in [5.41, 5.74) is -1.47. The van der Waals surface area contributed by atoms with Crippen LogP contribution in [-0.4, -0.2) is 30.7 Å². The van der Waals surface area contributed by atoms with Gasteiger partial charge in [-0.2, -0.15) is 0 Å². The highest BCUT2D eigenvalue weighted by Gasteiger charge is 2.53. The average Bonchev–Trinajstić information content (AvgIpc) is 2.28. The SMILES string of the molecule is CCOC(=O)C1(C)CC(F)(F)CO1. The molecule has 76 valence electrons.